The molecule has 0 unspecified atom stereocenters. The van der Waals surface area contributed by atoms with E-state index in [2.05, 4.69) is 37.8 Å². The van der Waals surface area contributed by atoms with Crippen LogP contribution in [0.1, 0.15) is 5.82 Å². The summed E-state index contributed by atoms with van der Waals surface area (Å²) in [6, 6.07) is 1.67. The summed E-state index contributed by atoms with van der Waals surface area (Å²) in [4.78, 5) is 21.8. The van der Waals surface area contributed by atoms with Gasteiger partial charge in [0.2, 0.25) is 0 Å². The van der Waals surface area contributed by atoms with E-state index >= 15 is 0 Å². The molecule has 0 bridgehead atoms. The highest BCUT2D eigenvalue weighted by Crippen LogP contribution is 2.11. The summed E-state index contributed by atoms with van der Waals surface area (Å²) in [6.07, 6.45) is 1.61. The maximum Gasteiger partial charge on any atom is 0.282 e. The van der Waals surface area contributed by atoms with Gasteiger partial charge in [-0.2, -0.15) is 4.98 Å². The van der Waals surface area contributed by atoms with Crippen LogP contribution in [0, 0.1) is 6.92 Å². The number of H-pyrrole nitrogens is 1. The molecule has 0 atom stereocenters. The van der Waals surface area contributed by atoms with Gasteiger partial charge in [-0.1, -0.05) is 0 Å². The molecule has 0 amide bonds. The highest BCUT2D eigenvalue weighted by atomic mass is 79.9. The van der Waals surface area contributed by atoms with Crippen molar-refractivity contribution in [3.05, 3.63) is 39.8 Å². The van der Waals surface area contributed by atoms with Gasteiger partial charge in [0.15, 0.2) is 0 Å². The standard InChI is InChI=1S/C8H5BrN3O/c1-4-11-7-6(8(13)12-4)2-5(9)3-10-7/h2-3H,1H2,(H,10,11,12,13). The molecule has 0 saturated carbocycles. The Morgan fingerprint density at radius 1 is 1.54 bits per heavy atom. The molecule has 0 aliphatic carbocycles. The minimum absolute atomic E-state index is 0.312. The van der Waals surface area contributed by atoms with Crippen LogP contribution in [0.15, 0.2) is 21.5 Å². The minimum Gasteiger partial charge on any atom is -0.328 e. The lowest BCUT2D eigenvalue weighted by Crippen LogP contribution is -2.10. The number of pyridine rings is 1. The molecule has 2 rings (SSSR count). The summed E-state index contributed by atoms with van der Waals surface area (Å²) in [6.45, 7) is 3.54. The Balaban J connectivity index is 2.95. The first-order valence-corrected chi connectivity index (χ1v) is 4.33. The van der Waals surface area contributed by atoms with Gasteiger partial charge in [-0.15, -0.1) is 0 Å². The van der Waals surface area contributed by atoms with Crippen LogP contribution >= 0.6 is 15.9 Å². The zero-order valence-corrected chi connectivity index (χ0v) is 8.13. The van der Waals surface area contributed by atoms with Crippen molar-refractivity contribution in [1.82, 2.24) is 15.0 Å². The summed E-state index contributed by atoms with van der Waals surface area (Å²) in [5.41, 5.74) is 0.195. The Kier molecular flexibility index (Phi) is 1.88. The number of nitrogens with one attached hydrogen (secondary N) is 1. The predicted octanol–water partition coefficient (Wildman–Crippen LogP) is 1.26. The number of aromatic nitrogens is 3. The second kappa shape index (κ2) is 2.92. The second-order valence-electron chi connectivity index (χ2n) is 2.54. The van der Waals surface area contributed by atoms with Crippen LogP contribution in [-0.2, 0) is 0 Å². The molecule has 5 heteroatoms. The maximum atomic E-state index is 11.3. The molecule has 4 nitrogen and oxygen atoms in total. The topological polar surface area (TPSA) is 58.6 Å². The van der Waals surface area contributed by atoms with Gasteiger partial charge < -0.3 is 4.98 Å². The summed E-state index contributed by atoms with van der Waals surface area (Å²) in [7, 11) is 0. The number of nitrogens with zero attached hydrogens (tertiary/aromatic N) is 2. The third kappa shape index (κ3) is 1.47. The number of fused-ring (bicyclic) bond motifs is 1. The van der Waals surface area contributed by atoms with Crippen LogP contribution in [0.4, 0.5) is 0 Å². The first kappa shape index (κ1) is 8.37. The molecule has 13 heavy (non-hydrogen) atoms. The van der Waals surface area contributed by atoms with Crippen molar-refractivity contribution in [2.24, 2.45) is 0 Å². The average molecular weight is 239 g/mol. The van der Waals surface area contributed by atoms with Gasteiger partial charge in [0.25, 0.3) is 5.56 Å². The lowest BCUT2D eigenvalue weighted by Gasteiger charge is -1.97. The van der Waals surface area contributed by atoms with E-state index in [1.807, 2.05) is 0 Å². The van der Waals surface area contributed by atoms with E-state index in [0.29, 0.717) is 16.9 Å². The molecular formula is C8H5BrN3O. The predicted molar refractivity (Wildman–Crippen MR) is 52.3 cm³/mol. The van der Waals surface area contributed by atoms with Gasteiger partial charge in [0, 0.05) is 17.6 Å². The normalized spacial score (nSPS) is 10.6. The van der Waals surface area contributed by atoms with Gasteiger partial charge >= 0.3 is 0 Å². The fourth-order valence-electron chi connectivity index (χ4n) is 1.05. The van der Waals surface area contributed by atoms with E-state index in [-0.39, 0.29) is 5.56 Å². The summed E-state index contributed by atoms with van der Waals surface area (Å²) in [5.74, 6) is 0.326. The van der Waals surface area contributed by atoms with Gasteiger partial charge in [0.05, 0.1) is 5.39 Å². The van der Waals surface area contributed by atoms with Gasteiger partial charge in [-0.05, 0) is 22.0 Å². The fourth-order valence-corrected chi connectivity index (χ4v) is 1.38. The lowest BCUT2D eigenvalue weighted by molar-refractivity contribution is 1.09. The van der Waals surface area contributed by atoms with Gasteiger partial charge in [-0.25, -0.2) is 4.98 Å². The molecule has 0 saturated heterocycles. The number of aromatic amines is 1. The van der Waals surface area contributed by atoms with Crippen molar-refractivity contribution in [1.29, 1.82) is 0 Å². The van der Waals surface area contributed by atoms with Gasteiger partial charge in [0.1, 0.15) is 11.5 Å². The van der Waals surface area contributed by atoms with E-state index < -0.39 is 0 Å². The van der Waals surface area contributed by atoms with Gasteiger partial charge in [-0.3, -0.25) is 4.79 Å². The van der Waals surface area contributed by atoms with Crippen molar-refractivity contribution in [2.45, 2.75) is 0 Å². The fraction of sp³-hybridized carbons (Fsp3) is 0. The number of hydrogen-bond donors (Lipinski definition) is 1. The molecule has 2 aromatic rings. The van der Waals surface area contributed by atoms with Crippen LogP contribution < -0.4 is 5.56 Å². The number of rotatable bonds is 0. The van der Waals surface area contributed by atoms with Crippen molar-refractivity contribution >= 4 is 27.0 Å². The summed E-state index contributed by atoms with van der Waals surface area (Å²) < 4.78 is 0.754. The van der Waals surface area contributed by atoms with E-state index in [1.165, 1.54) is 0 Å². The maximum absolute atomic E-state index is 11.3. The molecule has 1 N–H and O–H groups in total. The minimum atomic E-state index is -0.312. The molecule has 0 aliphatic rings. The smallest absolute Gasteiger partial charge is 0.282 e. The monoisotopic (exact) mass is 238 g/mol. The van der Waals surface area contributed by atoms with Crippen molar-refractivity contribution < 1.29 is 0 Å². The first-order chi connectivity index (χ1) is 6.16. The van der Waals surface area contributed by atoms with Crippen molar-refractivity contribution in [2.75, 3.05) is 0 Å². The second-order valence-corrected chi connectivity index (χ2v) is 3.45. The molecule has 0 aliphatic heterocycles. The Morgan fingerprint density at radius 2 is 2.31 bits per heavy atom. The number of hydrogen-bond acceptors (Lipinski definition) is 3. The van der Waals surface area contributed by atoms with E-state index in [4.69, 9.17) is 0 Å². The Labute approximate surface area is 82.2 Å². The zero-order chi connectivity index (χ0) is 9.42. The SMILES string of the molecule is [CH2]c1nc(=O)c2cc(Br)cnc2[nH]1. The Bertz CT molecular complexity index is 520. The quantitative estimate of drug-likeness (QED) is 0.752. The highest BCUT2D eigenvalue weighted by molar-refractivity contribution is 9.10. The lowest BCUT2D eigenvalue weighted by atomic mass is 10.3. The molecule has 1 radical (unpaired) electrons. The number of halogens is 1. The molecule has 2 aromatic heterocycles. The average Bonchev–Trinajstić information content (AvgIpc) is 2.06. The van der Waals surface area contributed by atoms with Crippen molar-refractivity contribution in [3.63, 3.8) is 0 Å². The molecule has 0 spiro atoms. The molecule has 65 valence electrons. The van der Waals surface area contributed by atoms with Crippen LogP contribution in [0.2, 0.25) is 0 Å². The van der Waals surface area contributed by atoms with E-state index in [1.54, 1.807) is 12.3 Å². The molecule has 2 heterocycles. The van der Waals surface area contributed by atoms with Crippen LogP contribution in [0.3, 0.4) is 0 Å². The van der Waals surface area contributed by atoms with E-state index in [9.17, 15) is 4.79 Å². The summed E-state index contributed by atoms with van der Waals surface area (Å²) >= 11 is 3.23. The van der Waals surface area contributed by atoms with Crippen LogP contribution in [0.25, 0.3) is 11.0 Å². The summed E-state index contributed by atoms with van der Waals surface area (Å²) in [5, 5.41) is 0.460. The molecule has 0 fully saturated rings. The van der Waals surface area contributed by atoms with Crippen LogP contribution in [0.5, 0.6) is 0 Å². The zero-order valence-electron chi connectivity index (χ0n) is 6.54. The Hall–Kier alpha value is -1.23. The Morgan fingerprint density at radius 3 is 3.08 bits per heavy atom. The third-order valence-electron chi connectivity index (χ3n) is 1.58. The third-order valence-corrected chi connectivity index (χ3v) is 2.02. The molecule has 0 aromatic carbocycles. The first-order valence-electron chi connectivity index (χ1n) is 3.54. The van der Waals surface area contributed by atoms with E-state index in [0.717, 1.165) is 4.47 Å². The highest BCUT2D eigenvalue weighted by Gasteiger charge is 2.02. The van der Waals surface area contributed by atoms with Crippen LogP contribution in [-0.4, -0.2) is 15.0 Å². The van der Waals surface area contributed by atoms with Crippen molar-refractivity contribution in [3.8, 4) is 0 Å². The molecular weight excluding hydrogens is 234 g/mol. The largest absolute Gasteiger partial charge is 0.328 e.